The number of alkyl halides is 6. The summed E-state index contributed by atoms with van der Waals surface area (Å²) in [5.41, 5.74) is 8.08. The van der Waals surface area contributed by atoms with Gasteiger partial charge in [-0.25, -0.2) is 24.9 Å². The Labute approximate surface area is 405 Å². The van der Waals surface area contributed by atoms with Crippen LogP contribution in [0.4, 0.5) is 26.3 Å². The molecule has 0 saturated heterocycles. The average Bonchev–Trinajstić information content (AvgIpc) is 3.24. The molecule has 5 heterocycles. The first-order chi connectivity index (χ1) is 30.6. The largest absolute Gasteiger partial charge is 0.433 e. The van der Waals surface area contributed by atoms with Crippen LogP contribution in [0, 0.1) is 27.7 Å². The lowest BCUT2D eigenvalue weighted by Crippen LogP contribution is -2.09. The number of rotatable bonds is 6. The van der Waals surface area contributed by atoms with E-state index in [1.165, 1.54) is 34.5 Å². The van der Waals surface area contributed by atoms with Crippen LogP contribution in [0.15, 0.2) is 104 Å². The van der Waals surface area contributed by atoms with Crippen molar-refractivity contribution in [2.75, 3.05) is 0 Å². The smallest absolute Gasteiger partial charge is 0.261 e. The summed E-state index contributed by atoms with van der Waals surface area (Å²) in [5, 5.41) is 0. The van der Waals surface area contributed by atoms with E-state index in [1.807, 2.05) is 65.9 Å². The molecule has 0 radical (unpaired) electrons. The Morgan fingerprint density at radius 1 is 0.412 bits per heavy atom. The Kier molecular flexibility index (Phi) is 29.8. The molecule has 13 heteroatoms. The molecule has 7 nitrogen and oxygen atoms in total. The van der Waals surface area contributed by atoms with Gasteiger partial charge in [0.1, 0.15) is 17.8 Å². The second kappa shape index (κ2) is 31.5. The van der Waals surface area contributed by atoms with Gasteiger partial charge in [-0.2, -0.15) is 26.3 Å². The quantitative estimate of drug-likeness (QED) is 0.154. The molecule has 6 aromatic rings. The first kappa shape index (κ1) is 64.5. The van der Waals surface area contributed by atoms with E-state index in [4.69, 9.17) is 0 Å². The predicted molar refractivity (Wildman–Crippen MR) is 270 cm³/mol. The van der Waals surface area contributed by atoms with Crippen LogP contribution < -0.4 is 0 Å². The maximum Gasteiger partial charge on any atom is 0.433 e. The van der Waals surface area contributed by atoms with Gasteiger partial charge in [0.25, 0.3) is 0 Å². The predicted octanol–water partition coefficient (Wildman–Crippen LogP) is 17.2. The van der Waals surface area contributed by atoms with Gasteiger partial charge in [0.05, 0.1) is 5.56 Å². The van der Waals surface area contributed by atoms with Gasteiger partial charge in [0, 0.05) is 58.7 Å². The lowest BCUT2D eigenvalue weighted by Gasteiger charge is -2.09. The van der Waals surface area contributed by atoms with Gasteiger partial charge < -0.3 is 0 Å². The highest BCUT2D eigenvalue weighted by molar-refractivity contribution is 5.24. The summed E-state index contributed by atoms with van der Waals surface area (Å²) < 4.78 is 72.7. The van der Waals surface area contributed by atoms with E-state index in [1.54, 1.807) is 18.6 Å². The number of aryl methyl sites for hydroxylation is 4. The number of benzene rings is 1. The van der Waals surface area contributed by atoms with Crippen molar-refractivity contribution in [2.45, 2.75) is 173 Å². The lowest BCUT2D eigenvalue weighted by atomic mass is 10.0. The molecule has 6 rings (SSSR count). The molecule has 0 spiro atoms. The van der Waals surface area contributed by atoms with E-state index in [0.29, 0.717) is 35.1 Å². The molecule has 68 heavy (non-hydrogen) atoms. The maximum atomic E-state index is 12.2. The number of aromatic nitrogens is 7. The Morgan fingerprint density at radius 2 is 0.956 bits per heavy atom. The molecule has 0 bridgehead atoms. The molecule has 1 aromatic carbocycles. The number of hydrogen-bond donors (Lipinski definition) is 0. The number of hydrogen-bond acceptors (Lipinski definition) is 7. The van der Waals surface area contributed by atoms with Gasteiger partial charge in [-0.1, -0.05) is 134 Å². The number of pyridine rings is 3. The van der Waals surface area contributed by atoms with Crippen LogP contribution in [-0.4, -0.2) is 34.9 Å². The highest BCUT2D eigenvalue weighted by Gasteiger charge is 2.32. The van der Waals surface area contributed by atoms with Crippen molar-refractivity contribution >= 4 is 0 Å². The third kappa shape index (κ3) is 26.1. The summed E-state index contributed by atoms with van der Waals surface area (Å²) >= 11 is 0. The third-order valence-corrected chi connectivity index (χ3v) is 9.34. The third-order valence-electron chi connectivity index (χ3n) is 9.34. The molecule has 0 aliphatic heterocycles. The van der Waals surface area contributed by atoms with E-state index in [9.17, 15) is 26.3 Å². The Morgan fingerprint density at radius 3 is 1.34 bits per heavy atom. The van der Waals surface area contributed by atoms with Gasteiger partial charge in [-0.3, -0.25) is 9.97 Å². The minimum absolute atomic E-state index is 0. The molecule has 0 atom stereocenters. The molecule has 0 amide bonds. The van der Waals surface area contributed by atoms with Crippen LogP contribution in [0.2, 0.25) is 0 Å². The molecule has 0 fully saturated rings. The van der Waals surface area contributed by atoms with E-state index < -0.39 is 23.6 Å². The second-order valence-electron chi connectivity index (χ2n) is 17.7. The van der Waals surface area contributed by atoms with Crippen molar-refractivity contribution in [3.63, 3.8) is 0 Å². The van der Waals surface area contributed by atoms with Gasteiger partial charge in [-0.15, -0.1) is 0 Å². The molecule has 376 valence electrons. The average molecular weight is 952 g/mol. The van der Waals surface area contributed by atoms with E-state index in [0.717, 1.165) is 41.2 Å². The molecule has 0 unspecified atom stereocenters. The fourth-order valence-corrected chi connectivity index (χ4v) is 5.29. The Hall–Kier alpha value is -5.59. The van der Waals surface area contributed by atoms with Crippen LogP contribution >= 0.6 is 0 Å². The number of nitrogens with zero attached hydrogens (tertiary/aromatic N) is 7. The van der Waals surface area contributed by atoms with E-state index in [2.05, 4.69) is 134 Å². The molecular formula is C55H79F6N7. The minimum atomic E-state index is -4.34. The molecular weight excluding hydrogens is 873 g/mol. The van der Waals surface area contributed by atoms with Crippen LogP contribution in [0.3, 0.4) is 0 Å². The Bertz CT molecular complexity index is 2070. The van der Waals surface area contributed by atoms with Crippen LogP contribution in [0.5, 0.6) is 0 Å². The first-order valence-corrected chi connectivity index (χ1v) is 22.3. The normalized spacial score (nSPS) is 10.8. The summed E-state index contributed by atoms with van der Waals surface area (Å²) in [6.45, 7) is 32.7. The summed E-state index contributed by atoms with van der Waals surface area (Å²) in [6.07, 6.45) is -2.48. The monoisotopic (exact) mass is 952 g/mol. The summed E-state index contributed by atoms with van der Waals surface area (Å²) in [5.74, 6) is 3.23. The molecule has 0 saturated carbocycles. The molecule has 0 N–H and O–H groups in total. The van der Waals surface area contributed by atoms with Gasteiger partial charge >= 0.3 is 12.4 Å². The number of halogens is 6. The summed E-state index contributed by atoms with van der Waals surface area (Å²) in [6, 6.07) is 23.2. The maximum absolute atomic E-state index is 12.2. The first-order valence-electron chi connectivity index (χ1n) is 22.3. The fourth-order valence-electron chi connectivity index (χ4n) is 5.29. The van der Waals surface area contributed by atoms with Crippen LogP contribution in [0.1, 0.15) is 201 Å². The zero-order valence-electron chi connectivity index (χ0n) is 41.7. The van der Waals surface area contributed by atoms with Crippen molar-refractivity contribution in [1.29, 1.82) is 0 Å². The molecule has 5 aromatic heterocycles. The zero-order chi connectivity index (χ0) is 50.4. The van der Waals surface area contributed by atoms with E-state index in [-0.39, 0.29) is 26.7 Å². The van der Waals surface area contributed by atoms with Crippen molar-refractivity contribution < 1.29 is 26.3 Å². The summed E-state index contributed by atoms with van der Waals surface area (Å²) in [4.78, 5) is 28.0. The van der Waals surface area contributed by atoms with Gasteiger partial charge in [0.2, 0.25) is 0 Å². The van der Waals surface area contributed by atoms with Gasteiger partial charge in [-0.05, 0) is 117 Å². The Balaban J connectivity index is 0. The lowest BCUT2D eigenvalue weighted by molar-refractivity contribution is -0.141. The zero-order valence-corrected chi connectivity index (χ0v) is 41.7. The van der Waals surface area contributed by atoms with Crippen molar-refractivity contribution in [2.24, 2.45) is 0 Å². The van der Waals surface area contributed by atoms with Crippen molar-refractivity contribution in [3.8, 4) is 0 Å². The highest BCUT2D eigenvalue weighted by atomic mass is 19.4. The fraction of sp³-hybridized carbons (Fsp3) is 0.473. The van der Waals surface area contributed by atoms with Gasteiger partial charge in [0.15, 0.2) is 0 Å². The SMILES string of the molecule is C.C.CC(C)c1ccc(C(F)(F)F)cn1.CC(C)c1cccc(C(F)(F)F)n1.Cc1cc(C(C)C)ncn1.Cc1cccc(C(C)C)c1.Cc1ccnc(C(C)C)c1.Cc1ccnc(C(C)C)n1. The second-order valence-corrected chi connectivity index (χ2v) is 17.7. The van der Waals surface area contributed by atoms with Crippen molar-refractivity contribution in [3.05, 3.63) is 172 Å². The highest BCUT2D eigenvalue weighted by Crippen LogP contribution is 2.30. The van der Waals surface area contributed by atoms with Crippen LogP contribution in [-0.2, 0) is 12.4 Å². The minimum Gasteiger partial charge on any atom is -0.261 e. The molecule has 0 aliphatic rings. The van der Waals surface area contributed by atoms with Crippen molar-refractivity contribution in [1.82, 2.24) is 34.9 Å². The molecule has 0 aliphatic carbocycles. The summed E-state index contributed by atoms with van der Waals surface area (Å²) in [7, 11) is 0. The van der Waals surface area contributed by atoms with Crippen LogP contribution in [0.25, 0.3) is 0 Å². The standard InChI is InChI=1S/C10H14.2C9H10F3N.C9H13N.2C8H12N2.2CH4/c1-8(2)10-6-4-5-9(3)7-10;1-6(2)8-4-3-7(5-13-8)9(10,11)12;1-6(2)7-4-3-5-8(13-7)9(10,11)12;1-7(2)9-6-8(3)4-5-10-9;1-6(2)8-4-7(3)9-5-10-8;1-6(2)8-9-5-4-7(3)10-8;;/h4-8H,1-3H3;2*3-6H,1-2H3;4-7H,1-3H3;2*4-6H,1-3H3;2*1H4. The van der Waals surface area contributed by atoms with E-state index >= 15 is 0 Å². The topological polar surface area (TPSA) is 90.2 Å².